The van der Waals surface area contributed by atoms with Crippen LogP contribution in [0.25, 0.3) is 27.8 Å². The van der Waals surface area contributed by atoms with E-state index >= 15 is 0 Å². The number of amides is 1. The maximum Gasteiger partial charge on any atom is 0.410 e. The van der Waals surface area contributed by atoms with Crippen LogP contribution in [0.1, 0.15) is 40.0 Å². The highest BCUT2D eigenvalue weighted by Crippen LogP contribution is 2.24. The molecule has 1 saturated heterocycles. The molecule has 0 bridgehead atoms. The van der Waals surface area contributed by atoms with Crippen molar-refractivity contribution in [3.05, 3.63) is 71.8 Å². The highest BCUT2D eigenvalue weighted by molar-refractivity contribution is 5.83. The van der Waals surface area contributed by atoms with E-state index < -0.39 is 5.60 Å². The van der Waals surface area contributed by atoms with Crippen LogP contribution in [0, 0.1) is 0 Å². The standard InChI is InChI=1S/C32H37N9O4/c1-6-15-40-29(42)24-20-33-30(35-22-12-13-25-21(18-22)19-34-38(25)5)37-28(24)41(40)26-10-7-11-27(36-26)44-23-9-8-16-39(17-14-23)31(43)45-32(2,3)4/h6-7,10-13,18-20,23H,1,8-9,14-17H2,2-5H3,(H,33,35,37)/t23-/m1/s1. The van der Waals surface area contributed by atoms with Gasteiger partial charge >= 0.3 is 6.09 Å². The van der Waals surface area contributed by atoms with Crippen molar-refractivity contribution in [2.75, 3.05) is 18.4 Å². The third-order valence-corrected chi connectivity index (χ3v) is 7.52. The zero-order valence-electron chi connectivity index (χ0n) is 25.9. The largest absolute Gasteiger partial charge is 0.474 e. The summed E-state index contributed by atoms with van der Waals surface area (Å²) in [7, 11) is 1.89. The zero-order chi connectivity index (χ0) is 31.7. The van der Waals surface area contributed by atoms with Crippen LogP contribution in [0.5, 0.6) is 5.88 Å². The van der Waals surface area contributed by atoms with E-state index in [4.69, 9.17) is 19.4 Å². The normalized spacial score (nSPS) is 15.6. The predicted molar refractivity (Wildman–Crippen MR) is 171 cm³/mol. The Morgan fingerprint density at radius 2 is 1.98 bits per heavy atom. The van der Waals surface area contributed by atoms with Gasteiger partial charge in [0.05, 0.1) is 18.3 Å². The summed E-state index contributed by atoms with van der Waals surface area (Å²) in [5, 5.41) is 8.87. The average Bonchev–Trinajstić information content (AvgIpc) is 3.37. The second-order valence-corrected chi connectivity index (χ2v) is 12.1. The third-order valence-electron chi connectivity index (χ3n) is 7.52. The molecule has 1 aromatic carbocycles. The van der Waals surface area contributed by atoms with E-state index in [2.05, 4.69) is 22.0 Å². The van der Waals surface area contributed by atoms with Crippen LogP contribution in [0.2, 0.25) is 0 Å². The molecule has 1 N–H and O–H groups in total. The summed E-state index contributed by atoms with van der Waals surface area (Å²) in [6.45, 7) is 10.8. The molecule has 4 aromatic heterocycles. The van der Waals surface area contributed by atoms with Gasteiger partial charge in [-0.1, -0.05) is 12.1 Å². The van der Waals surface area contributed by atoms with Crippen molar-refractivity contribution >= 4 is 39.7 Å². The molecule has 13 heteroatoms. The van der Waals surface area contributed by atoms with Crippen molar-refractivity contribution in [3.8, 4) is 11.7 Å². The Morgan fingerprint density at radius 3 is 2.78 bits per heavy atom. The van der Waals surface area contributed by atoms with Gasteiger partial charge in [-0.2, -0.15) is 15.1 Å². The topological polar surface area (TPSA) is 134 Å². The van der Waals surface area contributed by atoms with Crippen LogP contribution in [0.15, 0.2) is 66.2 Å². The van der Waals surface area contributed by atoms with Crippen LogP contribution in [0.3, 0.4) is 0 Å². The molecule has 0 radical (unpaired) electrons. The Morgan fingerprint density at radius 1 is 1.13 bits per heavy atom. The number of carbonyl (C=O) groups is 1. The smallest absolute Gasteiger partial charge is 0.410 e. The van der Waals surface area contributed by atoms with Crippen LogP contribution in [0.4, 0.5) is 16.4 Å². The monoisotopic (exact) mass is 611 g/mol. The number of allylic oxidation sites excluding steroid dienone is 1. The number of nitrogens with one attached hydrogen (secondary N) is 1. The summed E-state index contributed by atoms with van der Waals surface area (Å²) in [6, 6.07) is 11.3. The molecule has 6 rings (SSSR count). The van der Waals surface area contributed by atoms with E-state index in [9.17, 15) is 9.59 Å². The quantitative estimate of drug-likeness (QED) is 0.253. The van der Waals surface area contributed by atoms with Crippen molar-refractivity contribution < 1.29 is 14.3 Å². The van der Waals surface area contributed by atoms with Gasteiger partial charge in [0.2, 0.25) is 11.8 Å². The van der Waals surface area contributed by atoms with E-state index in [1.807, 2.05) is 56.8 Å². The summed E-state index contributed by atoms with van der Waals surface area (Å²) >= 11 is 0. The number of likely N-dealkylation sites (tertiary alicyclic amines) is 1. The Hall–Kier alpha value is -5.20. The van der Waals surface area contributed by atoms with Crippen LogP contribution >= 0.6 is 0 Å². The first-order chi connectivity index (χ1) is 21.6. The van der Waals surface area contributed by atoms with Gasteiger partial charge in [-0.05, 0) is 57.9 Å². The van der Waals surface area contributed by atoms with Gasteiger partial charge in [0.1, 0.15) is 17.1 Å². The van der Waals surface area contributed by atoms with Gasteiger partial charge in [-0.25, -0.2) is 19.1 Å². The minimum atomic E-state index is -0.547. The first-order valence-corrected chi connectivity index (χ1v) is 15.0. The first-order valence-electron chi connectivity index (χ1n) is 15.0. The summed E-state index contributed by atoms with van der Waals surface area (Å²) in [5.74, 6) is 1.21. The molecule has 5 aromatic rings. The number of aryl methyl sites for hydroxylation is 1. The number of carbonyl (C=O) groups excluding carboxylic acids is 1. The number of hydrogen-bond donors (Lipinski definition) is 1. The number of anilines is 2. The number of hydrogen-bond acceptors (Lipinski definition) is 9. The van der Waals surface area contributed by atoms with Crippen molar-refractivity contribution in [3.63, 3.8) is 0 Å². The molecule has 234 valence electrons. The van der Waals surface area contributed by atoms with Gasteiger partial charge in [0.25, 0.3) is 5.56 Å². The van der Waals surface area contributed by atoms with E-state index in [-0.39, 0.29) is 24.3 Å². The lowest BCUT2D eigenvalue weighted by Crippen LogP contribution is -2.37. The van der Waals surface area contributed by atoms with E-state index in [1.54, 1.807) is 34.0 Å². The molecule has 1 atom stereocenters. The van der Waals surface area contributed by atoms with Crippen molar-refractivity contribution in [2.24, 2.45) is 7.05 Å². The molecular formula is C32H37N9O4. The number of pyridine rings is 1. The number of fused-ring (bicyclic) bond motifs is 2. The Kier molecular flexibility index (Phi) is 8.00. The van der Waals surface area contributed by atoms with Crippen molar-refractivity contribution in [2.45, 2.75) is 58.3 Å². The minimum absolute atomic E-state index is 0.132. The Bertz CT molecular complexity index is 1930. The number of ether oxygens (including phenoxy) is 2. The van der Waals surface area contributed by atoms with Crippen molar-refractivity contribution in [1.29, 1.82) is 0 Å². The SMILES string of the molecule is C=CCn1c(=O)c2cnc(Nc3ccc4c(cnn4C)c3)nc2n1-c1cccc(O[C@@H]2CCCN(C(=O)OC(C)(C)C)CC2)n1. The van der Waals surface area contributed by atoms with Gasteiger partial charge in [-0.3, -0.25) is 9.48 Å². The molecule has 0 saturated carbocycles. The van der Waals surface area contributed by atoms with E-state index in [1.165, 1.54) is 10.9 Å². The average molecular weight is 612 g/mol. The summed E-state index contributed by atoms with van der Waals surface area (Å²) < 4.78 is 16.9. The third kappa shape index (κ3) is 6.37. The molecule has 0 aliphatic carbocycles. The number of rotatable bonds is 7. The summed E-state index contributed by atoms with van der Waals surface area (Å²) in [6.07, 6.45) is 6.72. The van der Waals surface area contributed by atoms with Gasteiger partial charge < -0.3 is 19.7 Å². The fraction of sp³-hybridized carbons (Fsp3) is 0.375. The first kappa shape index (κ1) is 29.9. The molecule has 1 aliphatic heterocycles. The minimum Gasteiger partial charge on any atom is -0.474 e. The van der Waals surface area contributed by atoms with Crippen molar-refractivity contribution in [1.82, 2.24) is 39.0 Å². The van der Waals surface area contributed by atoms with Gasteiger partial charge in [0.15, 0.2) is 11.5 Å². The maximum absolute atomic E-state index is 13.4. The maximum atomic E-state index is 13.4. The molecule has 13 nitrogen and oxygen atoms in total. The highest BCUT2D eigenvalue weighted by atomic mass is 16.6. The predicted octanol–water partition coefficient (Wildman–Crippen LogP) is 4.96. The molecule has 1 aliphatic rings. The zero-order valence-corrected chi connectivity index (χ0v) is 25.9. The fourth-order valence-corrected chi connectivity index (χ4v) is 5.43. The summed E-state index contributed by atoms with van der Waals surface area (Å²) in [5.41, 5.74) is 1.39. The molecule has 0 spiro atoms. The fourth-order valence-electron chi connectivity index (χ4n) is 5.43. The Balaban J connectivity index is 1.27. The van der Waals surface area contributed by atoms with Crippen LogP contribution in [-0.4, -0.2) is 69.9 Å². The molecule has 45 heavy (non-hydrogen) atoms. The summed E-state index contributed by atoms with van der Waals surface area (Å²) in [4.78, 5) is 41.7. The molecular weight excluding hydrogens is 574 g/mol. The molecule has 5 heterocycles. The van der Waals surface area contributed by atoms with Gasteiger partial charge in [0, 0.05) is 49.9 Å². The lowest BCUT2D eigenvalue weighted by atomic mass is 10.2. The molecule has 1 amide bonds. The lowest BCUT2D eigenvalue weighted by Gasteiger charge is -2.26. The van der Waals surface area contributed by atoms with E-state index in [0.29, 0.717) is 48.2 Å². The second kappa shape index (κ2) is 12.1. The number of aromatic nitrogens is 7. The van der Waals surface area contributed by atoms with E-state index in [0.717, 1.165) is 29.4 Å². The number of benzene rings is 1. The molecule has 1 fully saturated rings. The van der Waals surface area contributed by atoms with Crippen LogP contribution < -0.4 is 15.6 Å². The number of nitrogens with zero attached hydrogens (tertiary/aromatic N) is 8. The second-order valence-electron chi connectivity index (χ2n) is 12.1. The van der Waals surface area contributed by atoms with Gasteiger partial charge in [-0.15, -0.1) is 6.58 Å². The van der Waals surface area contributed by atoms with Crippen LogP contribution in [-0.2, 0) is 18.3 Å². The lowest BCUT2D eigenvalue weighted by molar-refractivity contribution is 0.0252. The Labute approximate surface area is 260 Å². The highest BCUT2D eigenvalue weighted by Gasteiger charge is 2.26. The molecule has 0 unspecified atom stereocenters.